The zero-order chi connectivity index (χ0) is 20.9. The van der Waals surface area contributed by atoms with Crippen LogP contribution < -0.4 is 4.90 Å². The van der Waals surface area contributed by atoms with Gasteiger partial charge in [0.15, 0.2) is 0 Å². The molecule has 1 aliphatic rings. The van der Waals surface area contributed by atoms with Crippen LogP contribution >= 0.6 is 0 Å². The number of amides is 1. The summed E-state index contributed by atoms with van der Waals surface area (Å²) in [5, 5.41) is 0. The molecule has 0 unspecified atom stereocenters. The first-order valence-electron chi connectivity index (χ1n) is 10.6. The average molecular weight is 405 g/mol. The van der Waals surface area contributed by atoms with E-state index < -0.39 is 0 Å². The van der Waals surface area contributed by atoms with Crippen LogP contribution in [0.1, 0.15) is 31.2 Å². The smallest absolute Gasteiger partial charge is 0.226 e. The second kappa shape index (κ2) is 9.07. The number of carbonyl (C=O) groups excluding carboxylic acids is 1. The Morgan fingerprint density at radius 3 is 2.50 bits per heavy atom. The lowest BCUT2D eigenvalue weighted by Gasteiger charge is -2.34. The molecule has 4 rings (SSSR count). The van der Waals surface area contributed by atoms with E-state index in [-0.39, 0.29) is 11.8 Å². The lowest BCUT2D eigenvalue weighted by atomic mass is 9.95. The number of aryl methyl sites for hydroxylation is 1. The minimum absolute atomic E-state index is 0.0714. The minimum Gasteiger partial charge on any atom is -0.356 e. The van der Waals surface area contributed by atoms with Crippen LogP contribution in [0.3, 0.4) is 0 Å². The number of carbonyl (C=O) groups is 1. The Kier molecular flexibility index (Phi) is 6.07. The van der Waals surface area contributed by atoms with Crippen molar-refractivity contribution >= 4 is 11.7 Å². The van der Waals surface area contributed by atoms with E-state index in [9.17, 15) is 4.79 Å². The van der Waals surface area contributed by atoms with Gasteiger partial charge in [0, 0.05) is 50.6 Å². The van der Waals surface area contributed by atoms with Crippen molar-refractivity contribution in [2.24, 2.45) is 5.92 Å². The van der Waals surface area contributed by atoms with Gasteiger partial charge < -0.3 is 9.80 Å². The van der Waals surface area contributed by atoms with E-state index in [0.717, 1.165) is 49.9 Å². The summed E-state index contributed by atoms with van der Waals surface area (Å²) in [5.41, 5.74) is 1.17. The summed E-state index contributed by atoms with van der Waals surface area (Å²) >= 11 is 0. The third kappa shape index (κ3) is 4.35. The Morgan fingerprint density at radius 2 is 1.83 bits per heavy atom. The molecule has 7 heteroatoms. The zero-order valence-corrected chi connectivity index (χ0v) is 17.6. The first-order valence-corrected chi connectivity index (χ1v) is 10.6. The van der Waals surface area contributed by atoms with Gasteiger partial charge in [-0.15, -0.1) is 0 Å². The fourth-order valence-electron chi connectivity index (χ4n) is 4.03. The van der Waals surface area contributed by atoms with Crippen molar-refractivity contribution in [3.8, 4) is 5.82 Å². The van der Waals surface area contributed by atoms with E-state index in [1.165, 1.54) is 5.56 Å². The minimum atomic E-state index is 0.0714. The molecule has 0 radical (unpaired) electrons. The molecule has 1 amide bonds. The lowest BCUT2D eigenvalue weighted by Crippen LogP contribution is -2.42. The number of aromatic nitrogens is 4. The molecule has 1 fully saturated rings. The largest absolute Gasteiger partial charge is 0.356 e. The maximum atomic E-state index is 13.1. The quantitative estimate of drug-likeness (QED) is 0.631. The van der Waals surface area contributed by atoms with Crippen LogP contribution in [0.5, 0.6) is 0 Å². The highest BCUT2D eigenvalue weighted by Crippen LogP contribution is 2.25. The monoisotopic (exact) mass is 404 g/mol. The van der Waals surface area contributed by atoms with Gasteiger partial charge in [0.05, 0.1) is 0 Å². The van der Waals surface area contributed by atoms with E-state index in [0.29, 0.717) is 6.54 Å². The van der Waals surface area contributed by atoms with Crippen LogP contribution in [0.25, 0.3) is 5.82 Å². The zero-order valence-electron chi connectivity index (χ0n) is 17.6. The van der Waals surface area contributed by atoms with Crippen LogP contribution in [0.15, 0.2) is 55.1 Å². The van der Waals surface area contributed by atoms with Crippen molar-refractivity contribution in [3.63, 3.8) is 0 Å². The van der Waals surface area contributed by atoms with Crippen molar-refractivity contribution < 1.29 is 4.79 Å². The predicted octanol–water partition coefficient (Wildman–Crippen LogP) is 3.24. The summed E-state index contributed by atoms with van der Waals surface area (Å²) in [7, 11) is 0. The second-order valence-electron chi connectivity index (χ2n) is 7.68. The highest BCUT2D eigenvalue weighted by Gasteiger charge is 2.28. The van der Waals surface area contributed by atoms with Gasteiger partial charge in [0.2, 0.25) is 5.91 Å². The summed E-state index contributed by atoms with van der Waals surface area (Å²) < 4.78 is 1.95. The van der Waals surface area contributed by atoms with Crippen LogP contribution in [0.2, 0.25) is 0 Å². The van der Waals surface area contributed by atoms with Gasteiger partial charge in [0.25, 0.3) is 0 Å². The molecular weight excluding hydrogens is 376 g/mol. The second-order valence-corrected chi connectivity index (χ2v) is 7.68. The molecule has 0 aliphatic carbocycles. The molecule has 3 aromatic rings. The van der Waals surface area contributed by atoms with Gasteiger partial charge in [-0.2, -0.15) is 0 Å². The fraction of sp³-hybridized carbons (Fsp3) is 0.391. The van der Waals surface area contributed by atoms with Crippen LogP contribution in [-0.2, 0) is 11.3 Å². The third-order valence-corrected chi connectivity index (χ3v) is 5.79. The molecule has 156 valence electrons. The third-order valence-electron chi connectivity index (χ3n) is 5.79. The molecule has 1 aromatic carbocycles. The Balaban J connectivity index is 1.39. The average Bonchev–Trinajstić information content (AvgIpc) is 3.24. The highest BCUT2D eigenvalue weighted by molar-refractivity contribution is 5.79. The van der Waals surface area contributed by atoms with E-state index in [4.69, 9.17) is 0 Å². The molecule has 2 aromatic heterocycles. The summed E-state index contributed by atoms with van der Waals surface area (Å²) in [6, 6.07) is 12.2. The highest BCUT2D eigenvalue weighted by atomic mass is 16.2. The van der Waals surface area contributed by atoms with Gasteiger partial charge >= 0.3 is 0 Å². The van der Waals surface area contributed by atoms with Crippen LogP contribution in [0, 0.1) is 12.8 Å². The molecule has 0 spiro atoms. The van der Waals surface area contributed by atoms with E-state index in [2.05, 4.69) is 38.9 Å². The van der Waals surface area contributed by atoms with Crippen molar-refractivity contribution in [3.05, 3.63) is 66.5 Å². The summed E-state index contributed by atoms with van der Waals surface area (Å²) in [6.45, 7) is 7.05. The van der Waals surface area contributed by atoms with Gasteiger partial charge in [-0.25, -0.2) is 15.0 Å². The Morgan fingerprint density at radius 1 is 1.10 bits per heavy atom. The number of imidazole rings is 1. The van der Waals surface area contributed by atoms with Gasteiger partial charge in [-0.1, -0.05) is 30.3 Å². The Hall–Kier alpha value is -3.22. The molecule has 0 atom stereocenters. The molecule has 30 heavy (non-hydrogen) atoms. The molecule has 1 saturated heterocycles. The molecule has 3 heterocycles. The standard InChI is InChI=1S/C23H28N6O/c1-3-27(16-19-7-5-4-6-8-19)23(30)20-9-12-28(13-10-20)21-15-22(26-17-25-21)29-14-11-24-18(29)2/h4-8,11,14-15,17,20H,3,9-10,12-13,16H2,1-2H3. The Bertz CT molecular complexity index is 978. The molecule has 1 aliphatic heterocycles. The molecule has 0 saturated carbocycles. The van der Waals surface area contributed by atoms with E-state index in [1.54, 1.807) is 12.5 Å². The van der Waals surface area contributed by atoms with E-state index in [1.807, 2.05) is 46.9 Å². The number of piperidine rings is 1. The SMILES string of the molecule is CCN(Cc1ccccc1)C(=O)C1CCN(c2cc(-n3ccnc3C)ncn2)CC1. The van der Waals surface area contributed by atoms with Crippen molar-refractivity contribution in [2.45, 2.75) is 33.2 Å². The fourth-order valence-corrected chi connectivity index (χ4v) is 4.03. The van der Waals surface area contributed by atoms with Gasteiger partial charge in [-0.3, -0.25) is 9.36 Å². The van der Waals surface area contributed by atoms with Crippen molar-refractivity contribution in [1.82, 2.24) is 24.4 Å². The first kappa shape index (κ1) is 20.1. The topological polar surface area (TPSA) is 67.2 Å². The van der Waals surface area contributed by atoms with E-state index >= 15 is 0 Å². The number of hydrogen-bond donors (Lipinski definition) is 0. The maximum Gasteiger partial charge on any atom is 0.226 e. The van der Waals surface area contributed by atoms with Gasteiger partial charge in [0.1, 0.15) is 23.8 Å². The van der Waals surface area contributed by atoms with Crippen molar-refractivity contribution in [1.29, 1.82) is 0 Å². The number of rotatable bonds is 6. The molecule has 0 bridgehead atoms. The maximum absolute atomic E-state index is 13.1. The van der Waals surface area contributed by atoms with Gasteiger partial charge in [-0.05, 0) is 32.3 Å². The van der Waals surface area contributed by atoms with Crippen molar-refractivity contribution in [2.75, 3.05) is 24.5 Å². The first-order chi connectivity index (χ1) is 14.7. The molecule has 7 nitrogen and oxygen atoms in total. The lowest BCUT2D eigenvalue weighted by molar-refractivity contribution is -0.136. The summed E-state index contributed by atoms with van der Waals surface area (Å²) in [5.74, 6) is 2.94. The number of anilines is 1. The van der Waals surface area contributed by atoms with Crippen LogP contribution in [-0.4, -0.2) is 50.0 Å². The number of nitrogens with zero attached hydrogens (tertiary/aromatic N) is 6. The number of hydrogen-bond acceptors (Lipinski definition) is 5. The Labute approximate surface area is 177 Å². The normalized spacial score (nSPS) is 14.7. The summed E-state index contributed by atoms with van der Waals surface area (Å²) in [6.07, 6.45) is 6.95. The molecular formula is C23H28N6O. The number of benzene rings is 1. The summed E-state index contributed by atoms with van der Waals surface area (Å²) in [4.78, 5) is 30.4. The predicted molar refractivity (Wildman–Crippen MR) is 116 cm³/mol. The molecule has 0 N–H and O–H groups in total. The van der Waals surface area contributed by atoms with Crippen LogP contribution in [0.4, 0.5) is 5.82 Å².